The van der Waals surface area contributed by atoms with Gasteiger partial charge in [-0.25, -0.2) is 0 Å². The smallest absolute Gasteiger partial charge is 0.101 e. The van der Waals surface area contributed by atoms with Crippen molar-refractivity contribution >= 4 is 0 Å². The first kappa shape index (κ1) is 5.14. The maximum absolute atomic E-state index is 9.15. The maximum Gasteiger partial charge on any atom is 0.478 e. The Balaban J connectivity index is 2.66. The van der Waals surface area contributed by atoms with Gasteiger partial charge in [0.05, 0.1) is 6.54 Å². The third-order valence-corrected chi connectivity index (χ3v) is 0.300. The molecule has 3 heteroatoms. The van der Waals surface area contributed by atoms with Crippen molar-refractivity contribution in [2.24, 2.45) is 0 Å². The van der Waals surface area contributed by atoms with Crippen LogP contribution in [0, 0.1) is 4.91 Å². The van der Waals surface area contributed by atoms with Gasteiger partial charge in [-0.2, -0.15) is 0 Å². The first-order valence-electron chi connectivity index (χ1n) is 1.58. The van der Waals surface area contributed by atoms with E-state index in [9.17, 15) is 0 Å². The number of rotatable bonds is 3. The standard InChI is InChI=1S/C3H6N2O/c1-2-3-4-5-6/h2H,1,3H2,(H,4,6)/q+1. The lowest BCUT2D eigenvalue weighted by Gasteiger charge is -1.65. The minimum absolute atomic E-state index is 0.448. The molecule has 0 aliphatic rings. The van der Waals surface area contributed by atoms with Gasteiger partial charge in [-0.15, -0.1) is 6.58 Å². The molecule has 0 saturated carbocycles. The largest absolute Gasteiger partial charge is 0.478 e. The Hall–Kier alpha value is -0.860. The van der Waals surface area contributed by atoms with Crippen LogP contribution in [0.15, 0.2) is 12.7 Å². The number of nitrogens with zero attached hydrogens (tertiary/aromatic N) is 1. The highest BCUT2D eigenvalue weighted by Gasteiger charge is 1.81. The second-order valence-electron chi connectivity index (χ2n) is 0.742. The van der Waals surface area contributed by atoms with Gasteiger partial charge < -0.3 is 0 Å². The molecular formula is C3H6N2O+. The molecule has 0 aliphatic carbocycles. The van der Waals surface area contributed by atoms with Crippen LogP contribution in [0.3, 0.4) is 0 Å². The molecule has 0 rings (SSSR count). The highest BCUT2D eigenvalue weighted by molar-refractivity contribution is 4.66. The Morgan fingerprint density at radius 3 is 2.83 bits per heavy atom. The highest BCUT2D eigenvalue weighted by atomic mass is 16.3. The Bertz CT molecular complexity index is 44.8. The van der Waals surface area contributed by atoms with Crippen LogP contribution in [0.4, 0.5) is 0 Å². The van der Waals surface area contributed by atoms with E-state index < -0.39 is 0 Å². The summed E-state index contributed by atoms with van der Waals surface area (Å²) in [5.74, 6) is 0. The fourth-order valence-corrected chi connectivity index (χ4v) is 0.102. The molecule has 0 aromatic heterocycles. The second kappa shape index (κ2) is 4.14. The van der Waals surface area contributed by atoms with E-state index in [1.807, 2.05) is 0 Å². The molecule has 0 unspecified atom stereocenters. The van der Waals surface area contributed by atoms with Crippen molar-refractivity contribution < 1.29 is 0 Å². The number of nitroso groups, excluding NO2 is 1. The Kier molecular flexibility index (Phi) is 3.55. The predicted octanol–water partition coefficient (Wildman–Crippen LogP) is -0.221. The lowest BCUT2D eigenvalue weighted by atomic mass is 10.7. The lowest BCUT2D eigenvalue weighted by Crippen LogP contribution is -2.12. The number of hydrogen-bond acceptors (Lipinski definition) is 2. The molecule has 1 radical (unpaired) electrons. The van der Waals surface area contributed by atoms with Crippen LogP contribution in [0.25, 0.3) is 0 Å². The summed E-state index contributed by atoms with van der Waals surface area (Å²) in [6, 6.07) is 0. The first-order valence-corrected chi connectivity index (χ1v) is 1.58. The fourth-order valence-electron chi connectivity index (χ4n) is 0.102. The van der Waals surface area contributed by atoms with Gasteiger partial charge in [-0.3, -0.25) is 0 Å². The summed E-state index contributed by atoms with van der Waals surface area (Å²) in [5.41, 5.74) is 2.15. The van der Waals surface area contributed by atoms with Gasteiger partial charge in [0, 0.05) is 0 Å². The van der Waals surface area contributed by atoms with E-state index in [1.165, 1.54) is 0 Å². The van der Waals surface area contributed by atoms with Gasteiger partial charge in [-0.05, 0) is 0 Å². The van der Waals surface area contributed by atoms with E-state index in [0.717, 1.165) is 0 Å². The van der Waals surface area contributed by atoms with Crippen LogP contribution in [0.2, 0.25) is 0 Å². The molecule has 0 atom stereocenters. The zero-order valence-corrected chi connectivity index (χ0v) is 3.35. The third-order valence-electron chi connectivity index (χ3n) is 0.300. The van der Waals surface area contributed by atoms with Crippen molar-refractivity contribution in [1.29, 1.82) is 0 Å². The van der Waals surface area contributed by atoms with Crippen LogP contribution < -0.4 is 10.7 Å². The summed E-state index contributed by atoms with van der Waals surface area (Å²) >= 11 is 0. The van der Waals surface area contributed by atoms with Crippen molar-refractivity contribution in [2.75, 3.05) is 6.54 Å². The third kappa shape index (κ3) is 3.14. The van der Waals surface area contributed by atoms with Crippen LogP contribution in [-0.2, 0) is 0 Å². The molecule has 0 amide bonds. The molecule has 6 heavy (non-hydrogen) atoms. The van der Waals surface area contributed by atoms with E-state index in [4.69, 9.17) is 4.91 Å². The van der Waals surface area contributed by atoms with Crippen molar-refractivity contribution in [3.63, 3.8) is 0 Å². The summed E-state index contributed by atoms with van der Waals surface area (Å²) < 4.78 is 0. The molecule has 0 spiro atoms. The van der Waals surface area contributed by atoms with Gasteiger partial charge >= 0.3 is 5.29 Å². The van der Waals surface area contributed by atoms with Gasteiger partial charge in [0.1, 0.15) is 4.91 Å². The quantitative estimate of drug-likeness (QED) is 0.293. The van der Waals surface area contributed by atoms with Crippen LogP contribution in [-0.4, -0.2) is 6.54 Å². The molecule has 3 nitrogen and oxygen atoms in total. The fraction of sp³-hybridized carbons (Fsp3) is 0.333. The maximum atomic E-state index is 9.15. The average molecular weight is 86.1 g/mol. The van der Waals surface area contributed by atoms with E-state index in [0.29, 0.717) is 6.54 Å². The summed E-state index contributed by atoms with van der Waals surface area (Å²) in [7, 11) is 0. The molecule has 0 saturated heterocycles. The van der Waals surface area contributed by atoms with E-state index in [1.54, 1.807) is 6.08 Å². The van der Waals surface area contributed by atoms with Gasteiger partial charge in [-0.1, -0.05) is 11.5 Å². The topological polar surface area (TPSA) is 43.2 Å². The van der Waals surface area contributed by atoms with E-state index >= 15 is 0 Å². The summed E-state index contributed by atoms with van der Waals surface area (Å²) in [5, 5.41) is 2.35. The monoisotopic (exact) mass is 86.0 g/mol. The van der Waals surface area contributed by atoms with E-state index in [-0.39, 0.29) is 0 Å². The predicted molar refractivity (Wildman–Crippen MR) is 23.7 cm³/mol. The lowest BCUT2D eigenvalue weighted by molar-refractivity contribution is 0.735. The van der Waals surface area contributed by atoms with Crippen molar-refractivity contribution in [1.82, 2.24) is 10.7 Å². The summed E-state index contributed by atoms with van der Waals surface area (Å²) in [6.45, 7) is 3.78. The highest BCUT2D eigenvalue weighted by Crippen LogP contribution is 1.49. The number of nitrogens with one attached hydrogen (secondary N) is 1. The van der Waals surface area contributed by atoms with E-state index in [2.05, 4.69) is 17.3 Å². The molecule has 0 aromatic carbocycles. The Morgan fingerprint density at radius 2 is 2.67 bits per heavy atom. The Labute approximate surface area is 36.0 Å². The van der Waals surface area contributed by atoms with Crippen LogP contribution in [0.5, 0.6) is 0 Å². The van der Waals surface area contributed by atoms with Crippen molar-refractivity contribution in [3.8, 4) is 0 Å². The SMILES string of the molecule is C=CCN[N+]=O. The molecule has 0 fully saturated rings. The molecule has 0 aromatic rings. The molecule has 1 N–H and O–H groups in total. The summed E-state index contributed by atoms with van der Waals surface area (Å²) in [6.07, 6.45) is 1.56. The molecule has 33 valence electrons. The molecule has 0 heterocycles. The first-order chi connectivity index (χ1) is 2.91. The zero-order valence-electron chi connectivity index (χ0n) is 3.35. The van der Waals surface area contributed by atoms with Crippen LogP contribution in [0.1, 0.15) is 0 Å². The summed E-state index contributed by atoms with van der Waals surface area (Å²) in [4.78, 5) is 9.15. The second-order valence-corrected chi connectivity index (χ2v) is 0.742. The minimum atomic E-state index is 0.448. The normalized spacial score (nSPS) is 6.67. The van der Waals surface area contributed by atoms with Crippen molar-refractivity contribution in [3.05, 3.63) is 17.6 Å². The molecular weight excluding hydrogens is 80.0 g/mol. The average Bonchev–Trinajstić information content (AvgIpc) is 1.61. The van der Waals surface area contributed by atoms with Crippen LogP contribution >= 0.6 is 0 Å². The number of hydrogen-bond donors (Lipinski definition) is 1. The van der Waals surface area contributed by atoms with Crippen molar-refractivity contribution in [2.45, 2.75) is 0 Å². The molecule has 0 bridgehead atoms. The zero-order chi connectivity index (χ0) is 4.83. The van der Waals surface area contributed by atoms with Gasteiger partial charge in [0.25, 0.3) is 0 Å². The Morgan fingerprint density at radius 1 is 2.00 bits per heavy atom. The minimum Gasteiger partial charge on any atom is -0.101 e. The van der Waals surface area contributed by atoms with Gasteiger partial charge in [0.15, 0.2) is 0 Å². The molecule has 0 aliphatic heterocycles. The van der Waals surface area contributed by atoms with Gasteiger partial charge in [0.2, 0.25) is 0 Å².